The summed E-state index contributed by atoms with van der Waals surface area (Å²) in [4.78, 5) is 7.05. The number of rotatable bonds is 3. The Balaban J connectivity index is 1.74. The summed E-state index contributed by atoms with van der Waals surface area (Å²) >= 11 is 0. The SMILES string of the molecule is CC(C)n1cc(-c2ccc(C3CCN(C)CC3)cn2)cn1. The van der Waals surface area contributed by atoms with Crippen molar-refractivity contribution in [2.45, 2.75) is 38.6 Å². The molecule has 0 aliphatic carbocycles. The number of aromatic nitrogens is 3. The number of hydrogen-bond donors (Lipinski definition) is 0. The fourth-order valence-electron chi connectivity index (χ4n) is 2.91. The first kappa shape index (κ1) is 14.3. The molecule has 2 aromatic rings. The summed E-state index contributed by atoms with van der Waals surface area (Å²) in [7, 11) is 2.20. The van der Waals surface area contributed by atoms with Gasteiger partial charge in [-0.15, -0.1) is 0 Å². The maximum atomic E-state index is 4.65. The van der Waals surface area contributed by atoms with E-state index < -0.39 is 0 Å². The highest BCUT2D eigenvalue weighted by Crippen LogP contribution is 2.28. The van der Waals surface area contributed by atoms with Crippen molar-refractivity contribution >= 4 is 0 Å². The van der Waals surface area contributed by atoms with Crippen LogP contribution in [0.15, 0.2) is 30.7 Å². The van der Waals surface area contributed by atoms with Crippen LogP contribution in [0.2, 0.25) is 0 Å². The fourth-order valence-corrected chi connectivity index (χ4v) is 2.91. The first-order chi connectivity index (χ1) is 10.1. The van der Waals surface area contributed by atoms with Crippen LogP contribution in [0.1, 0.15) is 44.2 Å². The van der Waals surface area contributed by atoms with E-state index in [0.29, 0.717) is 12.0 Å². The third-order valence-electron chi connectivity index (χ3n) is 4.40. The lowest BCUT2D eigenvalue weighted by atomic mass is 9.90. The Kier molecular flexibility index (Phi) is 4.06. The summed E-state index contributed by atoms with van der Waals surface area (Å²) in [5.74, 6) is 0.668. The Hall–Kier alpha value is -1.68. The zero-order valence-corrected chi connectivity index (χ0v) is 13.2. The summed E-state index contributed by atoms with van der Waals surface area (Å²) in [5, 5.41) is 4.38. The van der Waals surface area contributed by atoms with E-state index in [1.54, 1.807) is 0 Å². The van der Waals surface area contributed by atoms with Crippen LogP contribution in [0.25, 0.3) is 11.3 Å². The van der Waals surface area contributed by atoms with Crippen molar-refractivity contribution < 1.29 is 0 Å². The second-order valence-electron chi connectivity index (χ2n) is 6.36. The van der Waals surface area contributed by atoms with E-state index in [9.17, 15) is 0 Å². The van der Waals surface area contributed by atoms with Crippen LogP contribution < -0.4 is 0 Å². The molecule has 4 heteroatoms. The maximum Gasteiger partial charge on any atom is 0.0733 e. The van der Waals surface area contributed by atoms with E-state index in [2.05, 4.69) is 60.4 Å². The van der Waals surface area contributed by atoms with Gasteiger partial charge in [-0.2, -0.15) is 5.10 Å². The third kappa shape index (κ3) is 3.16. The van der Waals surface area contributed by atoms with E-state index >= 15 is 0 Å². The number of piperidine rings is 1. The van der Waals surface area contributed by atoms with Crippen molar-refractivity contribution in [3.63, 3.8) is 0 Å². The van der Waals surface area contributed by atoms with Crippen LogP contribution in [0.3, 0.4) is 0 Å². The molecule has 21 heavy (non-hydrogen) atoms. The van der Waals surface area contributed by atoms with Gasteiger partial charge in [0.05, 0.1) is 11.9 Å². The van der Waals surface area contributed by atoms with Crippen molar-refractivity contribution in [1.29, 1.82) is 0 Å². The lowest BCUT2D eigenvalue weighted by molar-refractivity contribution is 0.255. The Labute approximate surface area is 126 Å². The lowest BCUT2D eigenvalue weighted by Gasteiger charge is -2.29. The van der Waals surface area contributed by atoms with Crippen LogP contribution in [0, 0.1) is 0 Å². The molecule has 1 fully saturated rings. The molecule has 0 N–H and O–H groups in total. The van der Waals surface area contributed by atoms with Gasteiger partial charge in [-0.25, -0.2) is 0 Å². The van der Waals surface area contributed by atoms with Crippen molar-refractivity contribution in [1.82, 2.24) is 19.7 Å². The van der Waals surface area contributed by atoms with Gasteiger partial charge in [0, 0.05) is 24.0 Å². The second-order valence-corrected chi connectivity index (χ2v) is 6.36. The van der Waals surface area contributed by atoms with Gasteiger partial charge < -0.3 is 4.90 Å². The van der Waals surface area contributed by atoms with Crippen LogP contribution in [-0.2, 0) is 0 Å². The molecule has 1 aliphatic rings. The number of nitrogens with zero attached hydrogens (tertiary/aromatic N) is 4. The van der Waals surface area contributed by atoms with Gasteiger partial charge in [0.2, 0.25) is 0 Å². The second kappa shape index (κ2) is 5.98. The summed E-state index contributed by atoms with van der Waals surface area (Å²) in [6.07, 6.45) is 8.50. The van der Waals surface area contributed by atoms with E-state index in [-0.39, 0.29) is 0 Å². The highest BCUT2D eigenvalue weighted by molar-refractivity contribution is 5.56. The molecule has 0 radical (unpaired) electrons. The molecular weight excluding hydrogens is 260 g/mol. The summed E-state index contributed by atoms with van der Waals surface area (Å²) in [5.41, 5.74) is 3.49. The molecule has 4 nitrogen and oxygen atoms in total. The molecule has 0 unspecified atom stereocenters. The zero-order valence-electron chi connectivity index (χ0n) is 13.2. The summed E-state index contributed by atoms with van der Waals surface area (Å²) in [6, 6.07) is 4.76. The normalized spacial score (nSPS) is 17.5. The van der Waals surface area contributed by atoms with E-state index in [1.807, 2.05) is 10.9 Å². The monoisotopic (exact) mass is 284 g/mol. The molecule has 1 aliphatic heterocycles. The Bertz CT molecular complexity index is 577. The lowest BCUT2D eigenvalue weighted by Crippen LogP contribution is -2.29. The van der Waals surface area contributed by atoms with Gasteiger partial charge in [-0.05, 0) is 64.4 Å². The Morgan fingerprint density at radius 2 is 1.90 bits per heavy atom. The molecule has 0 spiro atoms. The van der Waals surface area contributed by atoms with Crippen LogP contribution in [0.5, 0.6) is 0 Å². The predicted molar refractivity (Wildman–Crippen MR) is 85.3 cm³/mol. The predicted octanol–water partition coefficient (Wildman–Crippen LogP) is 3.34. The molecule has 3 heterocycles. The minimum atomic E-state index is 0.386. The first-order valence-corrected chi connectivity index (χ1v) is 7.82. The molecule has 0 bridgehead atoms. The fraction of sp³-hybridized carbons (Fsp3) is 0.529. The van der Waals surface area contributed by atoms with Crippen molar-refractivity contribution in [2.24, 2.45) is 0 Å². The molecule has 0 aromatic carbocycles. The van der Waals surface area contributed by atoms with E-state index in [1.165, 1.54) is 31.5 Å². The number of likely N-dealkylation sites (tertiary alicyclic amines) is 1. The minimum absolute atomic E-state index is 0.386. The van der Waals surface area contributed by atoms with Gasteiger partial charge in [0.15, 0.2) is 0 Å². The average Bonchev–Trinajstić information content (AvgIpc) is 2.98. The van der Waals surface area contributed by atoms with Crippen LogP contribution in [0.4, 0.5) is 0 Å². The molecule has 3 rings (SSSR count). The standard InChI is InChI=1S/C17H24N4/c1-13(2)21-12-16(11-19-21)17-5-4-15(10-18-17)14-6-8-20(3)9-7-14/h4-5,10-14H,6-9H2,1-3H3. The summed E-state index contributed by atoms with van der Waals surface area (Å²) < 4.78 is 1.97. The minimum Gasteiger partial charge on any atom is -0.306 e. The van der Waals surface area contributed by atoms with Gasteiger partial charge in [-0.3, -0.25) is 9.67 Å². The van der Waals surface area contributed by atoms with E-state index in [0.717, 1.165) is 11.3 Å². The largest absolute Gasteiger partial charge is 0.306 e. The Morgan fingerprint density at radius 1 is 1.14 bits per heavy atom. The first-order valence-electron chi connectivity index (χ1n) is 7.82. The number of pyridine rings is 1. The summed E-state index contributed by atoms with van der Waals surface area (Å²) in [6.45, 7) is 6.64. The Morgan fingerprint density at radius 3 is 2.48 bits per heavy atom. The van der Waals surface area contributed by atoms with Crippen LogP contribution >= 0.6 is 0 Å². The van der Waals surface area contributed by atoms with Gasteiger partial charge in [-0.1, -0.05) is 6.07 Å². The highest BCUT2D eigenvalue weighted by Gasteiger charge is 2.18. The van der Waals surface area contributed by atoms with Gasteiger partial charge >= 0.3 is 0 Å². The highest BCUT2D eigenvalue weighted by atomic mass is 15.3. The molecule has 1 saturated heterocycles. The quantitative estimate of drug-likeness (QED) is 0.867. The molecule has 0 saturated carbocycles. The molecular formula is C17H24N4. The average molecular weight is 284 g/mol. The third-order valence-corrected chi connectivity index (χ3v) is 4.40. The maximum absolute atomic E-state index is 4.65. The smallest absolute Gasteiger partial charge is 0.0733 e. The number of hydrogen-bond acceptors (Lipinski definition) is 3. The van der Waals surface area contributed by atoms with E-state index in [4.69, 9.17) is 0 Å². The zero-order chi connectivity index (χ0) is 14.8. The van der Waals surface area contributed by atoms with Crippen molar-refractivity contribution in [3.05, 3.63) is 36.3 Å². The van der Waals surface area contributed by atoms with Crippen molar-refractivity contribution in [3.8, 4) is 11.3 Å². The van der Waals surface area contributed by atoms with Gasteiger partial charge in [0.1, 0.15) is 0 Å². The van der Waals surface area contributed by atoms with Crippen molar-refractivity contribution in [2.75, 3.05) is 20.1 Å². The molecule has 0 amide bonds. The topological polar surface area (TPSA) is 34.0 Å². The molecule has 0 atom stereocenters. The van der Waals surface area contributed by atoms with Gasteiger partial charge in [0.25, 0.3) is 0 Å². The van der Waals surface area contributed by atoms with Crippen LogP contribution in [-0.4, -0.2) is 39.8 Å². The molecule has 112 valence electrons. The molecule has 2 aromatic heterocycles.